The molecule has 0 spiro atoms. The Hall–Kier alpha value is -0.430. The van der Waals surface area contributed by atoms with E-state index in [1.54, 1.807) is 7.05 Å². The van der Waals surface area contributed by atoms with Gasteiger partial charge >= 0.3 is 0 Å². The molecule has 0 bridgehead atoms. The maximum atomic E-state index is 12.6. The Bertz CT molecular complexity index is 490. The van der Waals surface area contributed by atoms with Gasteiger partial charge in [0, 0.05) is 24.5 Å². The maximum absolute atomic E-state index is 12.6. The van der Waals surface area contributed by atoms with E-state index in [2.05, 4.69) is 0 Å². The lowest BCUT2D eigenvalue weighted by Gasteiger charge is -2.26. The summed E-state index contributed by atoms with van der Waals surface area (Å²) in [6.45, 7) is 6.10. The Labute approximate surface area is 114 Å². The highest BCUT2D eigenvalue weighted by Crippen LogP contribution is 2.30. The summed E-state index contributed by atoms with van der Waals surface area (Å²) in [7, 11) is -1.77. The molecule has 0 atom stereocenters. The molecule has 18 heavy (non-hydrogen) atoms. The second-order valence-corrected chi connectivity index (χ2v) is 7.27. The third-order valence-electron chi connectivity index (χ3n) is 3.27. The number of rotatable bonds is 6. The molecule has 1 aromatic rings. The molecule has 1 heterocycles. The highest BCUT2D eigenvalue weighted by Gasteiger charge is 2.30. The van der Waals surface area contributed by atoms with E-state index in [0.29, 0.717) is 4.90 Å². The molecule has 0 aliphatic carbocycles. The lowest BCUT2D eigenvalue weighted by Crippen LogP contribution is -2.36. The molecule has 6 heteroatoms. The van der Waals surface area contributed by atoms with Crippen molar-refractivity contribution >= 4 is 21.4 Å². The first kappa shape index (κ1) is 15.6. The van der Waals surface area contributed by atoms with E-state index in [1.165, 1.54) is 15.6 Å². The summed E-state index contributed by atoms with van der Waals surface area (Å²) in [4.78, 5) is 1.15. The van der Waals surface area contributed by atoms with E-state index in [0.717, 1.165) is 23.3 Å². The minimum absolute atomic E-state index is 0.0416. The third-order valence-corrected chi connectivity index (χ3v) is 6.67. The van der Waals surface area contributed by atoms with Crippen LogP contribution in [0.5, 0.6) is 0 Å². The van der Waals surface area contributed by atoms with Crippen LogP contribution in [0.4, 0.5) is 0 Å². The summed E-state index contributed by atoms with van der Waals surface area (Å²) in [6, 6.07) is 0.0416. The van der Waals surface area contributed by atoms with Crippen LogP contribution in [-0.2, 0) is 16.6 Å². The van der Waals surface area contributed by atoms with Crippen molar-refractivity contribution in [3.05, 3.63) is 15.8 Å². The van der Waals surface area contributed by atoms with Gasteiger partial charge in [0.15, 0.2) is 0 Å². The zero-order chi connectivity index (χ0) is 13.9. The van der Waals surface area contributed by atoms with Crippen LogP contribution in [0.15, 0.2) is 10.3 Å². The second-order valence-electron chi connectivity index (χ2n) is 4.37. The van der Waals surface area contributed by atoms with Gasteiger partial charge in [-0.15, -0.1) is 11.3 Å². The van der Waals surface area contributed by atoms with Crippen LogP contribution in [0.25, 0.3) is 0 Å². The van der Waals surface area contributed by atoms with Crippen molar-refractivity contribution in [3.63, 3.8) is 0 Å². The van der Waals surface area contributed by atoms with Crippen molar-refractivity contribution in [1.82, 2.24) is 4.31 Å². The number of aryl methyl sites for hydroxylation is 1. The fraction of sp³-hybridized carbons (Fsp3) is 0.667. The summed E-state index contributed by atoms with van der Waals surface area (Å²) in [5, 5.41) is 1.86. The van der Waals surface area contributed by atoms with Crippen molar-refractivity contribution < 1.29 is 8.42 Å². The number of nitrogens with two attached hydrogens (primary N) is 1. The van der Waals surface area contributed by atoms with Crippen molar-refractivity contribution in [3.8, 4) is 0 Å². The molecule has 0 unspecified atom stereocenters. The van der Waals surface area contributed by atoms with Crippen LogP contribution in [0.3, 0.4) is 0 Å². The van der Waals surface area contributed by atoms with Gasteiger partial charge in [0.2, 0.25) is 10.0 Å². The highest BCUT2D eigenvalue weighted by atomic mass is 32.2. The minimum atomic E-state index is -3.43. The van der Waals surface area contributed by atoms with Crippen molar-refractivity contribution in [2.24, 2.45) is 5.73 Å². The monoisotopic (exact) mass is 290 g/mol. The molecule has 0 saturated carbocycles. The van der Waals surface area contributed by atoms with Crippen LogP contribution in [0.2, 0.25) is 0 Å². The summed E-state index contributed by atoms with van der Waals surface area (Å²) in [5.74, 6) is 0. The average molecular weight is 290 g/mol. The molecule has 4 nitrogen and oxygen atoms in total. The fourth-order valence-electron chi connectivity index (χ4n) is 2.12. The SMILES string of the molecule is CCC(CC)N(C)S(=O)(=O)c1c(C)csc1CN. The first-order valence-corrected chi connectivity index (χ1v) is 8.47. The Morgan fingerprint density at radius 2 is 1.94 bits per heavy atom. The molecular weight excluding hydrogens is 268 g/mol. The van der Waals surface area contributed by atoms with E-state index in [4.69, 9.17) is 5.73 Å². The lowest BCUT2D eigenvalue weighted by molar-refractivity contribution is 0.349. The predicted octanol–water partition coefficient (Wildman–Crippen LogP) is 2.32. The van der Waals surface area contributed by atoms with Crippen molar-refractivity contribution in [2.45, 2.75) is 51.1 Å². The molecule has 2 N–H and O–H groups in total. The van der Waals surface area contributed by atoms with Crippen LogP contribution >= 0.6 is 11.3 Å². The van der Waals surface area contributed by atoms with Crippen LogP contribution < -0.4 is 5.73 Å². The molecule has 1 rings (SSSR count). The maximum Gasteiger partial charge on any atom is 0.244 e. The summed E-state index contributed by atoms with van der Waals surface area (Å²) < 4.78 is 26.7. The third kappa shape index (κ3) is 2.77. The Morgan fingerprint density at radius 3 is 2.39 bits per heavy atom. The van der Waals surface area contributed by atoms with Crippen LogP contribution in [0.1, 0.15) is 37.1 Å². The molecule has 0 radical (unpaired) electrons. The van der Waals surface area contributed by atoms with Crippen molar-refractivity contribution in [2.75, 3.05) is 7.05 Å². The van der Waals surface area contributed by atoms with E-state index >= 15 is 0 Å². The topological polar surface area (TPSA) is 63.4 Å². The zero-order valence-corrected chi connectivity index (χ0v) is 13.1. The Kier molecular flexibility index (Phi) is 5.33. The van der Waals surface area contributed by atoms with Gasteiger partial charge in [-0.05, 0) is 30.7 Å². The van der Waals surface area contributed by atoms with Gasteiger partial charge < -0.3 is 5.73 Å². The first-order valence-electron chi connectivity index (χ1n) is 6.15. The van der Waals surface area contributed by atoms with E-state index in [-0.39, 0.29) is 12.6 Å². The van der Waals surface area contributed by atoms with Gasteiger partial charge in [-0.3, -0.25) is 0 Å². The van der Waals surface area contributed by atoms with E-state index in [1.807, 2.05) is 26.2 Å². The summed E-state index contributed by atoms with van der Waals surface area (Å²) in [6.07, 6.45) is 1.63. The second kappa shape index (κ2) is 6.14. The van der Waals surface area contributed by atoms with Gasteiger partial charge in [-0.2, -0.15) is 4.31 Å². The quantitative estimate of drug-likeness (QED) is 0.874. The fourth-order valence-corrected chi connectivity index (χ4v) is 5.27. The molecule has 0 amide bonds. The van der Waals surface area contributed by atoms with Gasteiger partial charge in [0.25, 0.3) is 0 Å². The van der Waals surface area contributed by atoms with E-state index in [9.17, 15) is 8.42 Å². The molecule has 1 aromatic heterocycles. The smallest absolute Gasteiger partial charge is 0.244 e. The number of nitrogens with zero attached hydrogens (tertiary/aromatic N) is 1. The molecular formula is C12H22N2O2S2. The molecule has 0 aromatic carbocycles. The normalized spacial score (nSPS) is 12.6. The molecule has 104 valence electrons. The molecule has 0 fully saturated rings. The van der Waals surface area contributed by atoms with Crippen LogP contribution in [0, 0.1) is 6.92 Å². The predicted molar refractivity (Wildman–Crippen MR) is 76.3 cm³/mol. The molecule has 0 saturated heterocycles. The van der Waals surface area contributed by atoms with Gasteiger partial charge in [-0.25, -0.2) is 8.42 Å². The number of hydrogen-bond donors (Lipinski definition) is 1. The van der Waals surface area contributed by atoms with Gasteiger partial charge in [0.05, 0.1) is 0 Å². The average Bonchev–Trinajstić information content (AvgIpc) is 2.72. The minimum Gasteiger partial charge on any atom is -0.326 e. The number of sulfonamides is 1. The summed E-state index contributed by atoms with van der Waals surface area (Å²) in [5.41, 5.74) is 6.42. The summed E-state index contributed by atoms with van der Waals surface area (Å²) >= 11 is 1.42. The Morgan fingerprint density at radius 1 is 1.39 bits per heavy atom. The van der Waals surface area contributed by atoms with Gasteiger partial charge in [-0.1, -0.05) is 13.8 Å². The lowest BCUT2D eigenvalue weighted by atomic mass is 10.2. The Balaban J connectivity index is 3.24. The zero-order valence-electron chi connectivity index (χ0n) is 11.4. The standard InChI is InChI=1S/C12H22N2O2S2/c1-5-10(6-2)14(4)18(15,16)12-9(3)8-17-11(12)7-13/h8,10H,5-7,13H2,1-4H3. The van der Waals surface area contributed by atoms with Crippen molar-refractivity contribution in [1.29, 1.82) is 0 Å². The number of thiophene rings is 1. The van der Waals surface area contributed by atoms with Crippen LogP contribution in [-0.4, -0.2) is 25.8 Å². The first-order chi connectivity index (χ1) is 8.39. The van der Waals surface area contributed by atoms with Gasteiger partial charge in [0.1, 0.15) is 4.90 Å². The molecule has 0 aliphatic rings. The highest BCUT2D eigenvalue weighted by molar-refractivity contribution is 7.89. The largest absolute Gasteiger partial charge is 0.326 e. The number of hydrogen-bond acceptors (Lipinski definition) is 4. The molecule has 0 aliphatic heterocycles. The van der Waals surface area contributed by atoms with E-state index < -0.39 is 10.0 Å².